The quantitative estimate of drug-likeness (QED) is 0.154. The van der Waals surface area contributed by atoms with Gasteiger partial charge in [-0.3, -0.25) is 0 Å². The van der Waals surface area contributed by atoms with E-state index in [1.54, 1.807) is 0 Å². The van der Waals surface area contributed by atoms with Crippen molar-refractivity contribution >= 4 is 21.9 Å². The number of oxazole rings is 1. The molecule has 0 saturated carbocycles. The van der Waals surface area contributed by atoms with Gasteiger partial charge < -0.3 is 4.42 Å². The van der Waals surface area contributed by atoms with Crippen molar-refractivity contribution in [3.8, 4) is 90.1 Å². The van der Waals surface area contributed by atoms with Crippen LogP contribution < -0.4 is 0 Å². The van der Waals surface area contributed by atoms with E-state index in [4.69, 9.17) is 24.4 Å². The first kappa shape index (κ1) is 35.8. The minimum absolute atomic E-state index is 0.619. The summed E-state index contributed by atoms with van der Waals surface area (Å²) in [6, 6.07) is 75.6. The molecular weight excluding hydrogens is 745 g/mol. The number of aromatic nitrogens is 4. The Kier molecular flexibility index (Phi) is 9.10. The molecule has 0 amide bonds. The second kappa shape index (κ2) is 15.5. The minimum atomic E-state index is 0.619. The highest BCUT2D eigenvalue weighted by molar-refractivity contribution is 6.06. The Morgan fingerprint density at radius 3 is 1.44 bits per heavy atom. The van der Waals surface area contributed by atoms with Crippen LogP contribution in [0.25, 0.3) is 112 Å². The Morgan fingerprint density at radius 1 is 0.262 bits per heavy atom. The lowest BCUT2D eigenvalue weighted by Gasteiger charge is -2.15. The molecule has 0 aliphatic rings. The van der Waals surface area contributed by atoms with Gasteiger partial charge in [-0.1, -0.05) is 188 Å². The summed E-state index contributed by atoms with van der Waals surface area (Å²) in [6.07, 6.45) is 0. The topological polar surface area (TPSA) is 64.7 Å². The Hall–Kier alpha value is -8.28. The first-order valence-corrected chi connectivity index (χ1v) is 20.4. The number of hydrogen-bond acceptors (Lipinski definition) is 5. The minimum Gasteiger partial charge on any atom is -0.436 e. The van der Waals surface area contributed by atoms with Crippen molar-refractivity contribution in [3.63, 3.8) is 0 Å². The summed E-state index contributed by atoms with van der Waals surface area (Å²) in [6.45, 7) is 0. The molecule has 0 radical (unpaired) electrons. The van der Waals surface area contributed by atoms with Crippen molar-refractivity contribution in [1.82, 2.24) is 19.9 Å². The van der Waals surface area contributed by atoms with Crippen LogP contribution in [0.5, 0.6) is 0 Å². The summed E-state index contributed by atoms with van der Waals surface area (Å²) >= 11 is 0. The van der Waals surface area contributed by atoms with Gasteiger partial charge >= 0.3 is 0 Å². The van der Waals surface area contributed by atoms with Gasteiger partial charge in [0.05, 0.1) is 0 Å². The second-order valence-corrected chi connectivity index (χ2v) is 15.0. The normalized spacial score (nSPS) is 11.3. The standard InChI is InChI=1S/C56H36N4O/c1-3-14-37(15-4-1)38-28-32-41(33-29-38)54-58-53(40-16-5-2-6-17-40)59-55(60-54)44-19-11-18-43(36-44)46-22-12-24-50-48(46)23-13-25-49(50)47-21-8-7-20-45(47)39-30-34-42(35-31-39)56-57-51-26-9-10-27-52(51)61-56/h1-36H. The van der Waals surface area contributed by atoms with E-state index in [2.05, 4.69) is 158 Å². The van der Waals surface area contributed by atoms with Crippen LogP contribution in [0.15, 0.2) is 223 Å². The number of benzene rings is 9. The van der Waals surface area contributed by atoms with Gasteiger partial charge in [-0.15, -0.1) is 0 Å². The maximum atomic E-state index is 6.06. The number of rotatable bonds is 8. The lowest BCUT2D eigenvalue weighted by Crippen LogP contribution is -2.00. The Bertz CT molecular complexity index is 3310. The van der Waals surface area contributed by atoms with Crippen LogP contribution in [-0.2, 0) is 0 Å². The van der Waals surface area contributed by atoms with Crippen LogP contribution in [0.3, 0.4) is 0 Å². The number of nitrogens with zero attached hydrogens (tertiary/aromatic N) is 4. The van der Waals surface area contributed by atoms with E-state index in [-0.39, 0.29) is 0 Å². The third kappa shape index (κ3) is 6.94. The summed E-state index contributed by atoms with van der Waals surface area (Å²) in [7, 11) is 0. The predicted molar refractivity (Wildman–Crippen MR) is 248 cm³/mol. The van der Waals surface area contributed by atoms with Gasteiger partial charge in [0.25, 0.3) is 0 Å². The van der Waals surface area contributed by atoms with E-state index in [9.17, 15) is 0 Å². The molecule has 2 heterocycles. The number of fused-ring (bicyclic) bond motifs is 2. The van der Waals surface area contributed by atoms with Crippen LogP contribution in [0.4, 0.5) is 0 Å². The van der Waals surface area contributed by atoms with Crippen molar-refractivity contribution in [2.45, 2.75) is 0 Å². The van der Waals surface area contributed by atoms with Gasteiger partial charge in [0.15, 0.2) is 23.1 Å². The Morgan fingerprint density at radius 2 is 0.721 bits per heavy atom. The molecule has 11 rings (SSSR count). The molecule has 0 aliphatic heterocycles. The third-order valence-electron chi connectivity index (χ3n) is 11.2. The largest absolute Gasteiger partial charge is 0.436 e. The molecule has 9 aromatic carbocycles. The summed E-state index contributed by atoms with van der Waals surface area (Å²) < 4.78 is 6.06. The van der Waals surface area contributed by atoms with E-state index in [0.717, 1.165) is 72.1 Å². The van der Waals surface area contributed by atoms with Crippen molar-refractivity contribution in [2.75, 3.05) is 0 Å². The molecule has 2 aromatic heterocycles. The first-order valence-electron chi connectivity index (χ1n) is 20.4. The molecule has 0 fully saturated rings. The van der Waals surface area contributed by atoms with Gasteiger partial charge in [-0.05, 0) is 85.6 Å². The smallest absolute Gasteiger partial charge is 0.227 e. The van der Waals surface area contributed by atoms with Crippen molar-refractivity contribution in [2.24, 2.45) is 0 Å². The molecule has 0 atom stereocenters. The van der Waals surface area contributed by atoms with Gasteiger partial charge in [0, 0.05) is 22.3 Å². The highest BCUT2D eigenvalue weighted by atomic mass is 16.3. The highest BCUT2D eigenvalue weighted by Crippen LogP contribution is 2.40. The Balaban J connectivity index is 0.962. The molecule has 0 saturated heterocycles. The molecule has 0 unspecified atom stereocenters. The predicted octanol–water partition coefficient (Wildman–Crippen LogP) is 14.5. The summed E-state index contributed by atoms with van der Waals surface area (Å²) in [4.78, 5) is 19.8. The molecule has 5 heteroatoms. The lowest BCUT2D eigenvalue weighted by molar-refractivity contribution is 0.620. The third-order valence-corrected chi connectivity index (χ3v) is 11.2. The zero-order chi connectivity index (χ0) is 40.5. The van der Waals surface area contributed by atoms with Gasteiger partial charge in [-0.25, -0.2) is 19.9 Å². The fourth-order valence-electron chi connectivity index (χ4n) is 8.17. The monoisotopic (exact) mass is 780 g/mol. The molecule has 0 spiro atoms. The van der Waals surface area contributed by atoms with Crippen molar-refractivity contribution in [1.29, 1.82) is 0 Å². The zero-order valence-corrected chi connectivity index (χ0v) is 33.0. The number of hydrogen-bond donors (Lipinski definition) is 0. The maximum Gasteiger partial charge on any atom is 0.227 e. The first-order chi connectivity index (χ1) is 30.2. The lowest BCUT2D eigenvalue weighted by atomic mass is 9.89. The second-order valence-electron chi connectivity index (χ2n) is 15.0. The van der Waals surface area contributed by atoms with E-state index < -0.39 is 0 Å². The summed E-state index contributed by atoms with van der Waals surface area (Å²) in [5, 5.41) is 2.34. The van der Waals surface area contributed by atoms with Crippen LogP contribution in [0, 0.1) is 0 Å². The highest BCUT2D eigenvalue weighted by Gasteiger charge is 2.16. The van der Waals surface area contributed by atoms with Crippen LogP contribution >= 0.6 is 0 Å². The fourth-order valence-corrected chi connectivity index (χ4v) is 8.17. The zero-order valence-electron chi connectivity index (χ0n) is 33.0. The average Bonchev–Trinajstić information content (AvgIpc) is 3.79. The molecule has 0 bridgehead atoms. The average molecular weight is 781 g/mol. The van der Waals surface area contributed by atoms with Crippen molar-refractivity contribution in [3.05, 3.63) is 218 Å². The summed E-state index contributed by atoms with van der Waals surface area (Å²) in [5.41, 5.74) is 14.5. The van der Waals surface area contributed by atoms with E-state index in [1.807, 2.05) is 60.7 Å². The van der Waals surface area contributed by atoms with Gasteiger partial charge in [0.1, 0.15) is 5.52 Å². The fraction of sp³-hybridized carbons (Fsp3) is 0. The van der Waals surface area contributed by atoms with E-state index in [1.165, 1.54) is 16.5 Å². The molecule has 5 nitrogen and oxygen atoms in total. The molecule has 61 heavy (non-hydrogen) atoms. The SMILES string of the molecule is c1ccc(-c2ccc(-c3nc(-c4ccccc4)nc(-c4cccc(-c5cccc6c(-c7ccccc7-c7ccc(-c8nc9ccccc9o8)cc7)cccc56)c4)n3)cc2)cc1. The van der Waals surface area contributed by atoms with E-state index in [0.29, 0.717) is 23.4 Å². The van der Waals surface area contributed by atoms with Crippen LogP contribution in [-0.4, -0.2) is 19.9 Å². The molecule has 11 aromatic rings. The van der Waals surface area contributed by atoms with Gasteiger partial charge in [0.2, 0.25) is 5.89 Å². The van der Waals surface area contributed by atoms with E-state index >= 15 is 0 Å². The molecule has 0 aliphatic carbocycles. The molecule has 286 valence electrons. The molecule has 0 N–H and O–H groups in total. The molecular formula is C56H36N4O. The van der Waals surface area contributed by atoms with Crippen molar-refractivity contribution < 1.29 is 4.42 Å². The van der Waals surface area contributed by atoms with Crippen LogP contribution in [0.2, 0.25) is 0 Å². The van der Waals surface area contributed by atoms with Crippen LogP contribution in [0.1, 0.15) is 0 Å². The maximum absolute atomic E-state index is 6.06. The summed E-state index contributed by atoms with van der Waals surface area (Å²) in [5.74, 6) is 2.50. The Labute approximate surface area is 353 Å². The van der Waals surface area contributed by atoms with Gasteiger partial charge in [-0.2, -0.15) is 0 Å². The number of para-hydroxylation sites is 2.